The molecule has 25 heavy (non-hydrogen) atoms. The van der Waals surface area contributed by atoms with E-state index in [-0.39, 0.29) is 11.5 Å². The molecule has 140 valence electrons. The van der Waals surface area contributed by atoms with Gasteiger partial charge in [0.05, 0.1) is 6.10 Å². The highest BCUT2D eigenvalue weighted by molar-refractivity contribution is 5.35. The summed E-state index contributed by atoms with van der Waals surface area (Å²) >= 11 is 0. The third kappa shape index (κ3) is 3.18. The van der Waals surface area contributed by atoms with Crippen LogP contribution in [0.5, 0.6) is 0 Å². The minimum Gasteiger partial charge on any atom is -0.393 e. The van der Waals surface area contributed by atoms with Crippen LogP contribution in [0, 0.1) is 23.2 Å². The summed E-state index contributed by atoms with van der Waals surface area (Å²) in [6.45, 7) is 8.71. The summed E-state index contributed by atoms with van der Waals surface area (Å²) in [6.07, 6.45) is 10.1. The molecule has 2 saturated carbocycles. The van der Waals surface area contributed by atoms with Gasteiger partial charge in [-0.05, 0) is 78.7 Å². The smallest absolute Gasteiger partial charge is 0.0596 e. The van der Waals surface area contributed by atoms with Crippen LogP contribution in [0.25, 0.3) is 0 Å². The van der Waals surface area contributed by atoms with E-state index in [0.717, 1.165) is 30.1 Å². The molecule has 4 rings (SSSR count). The third-order valence-electron chi connectivity index (χ3n) is 7.69. The molecule has 6 atom stereocenters. The van der Waals surface area contributed by atoms with Gasteiger partial charge in [-0.1, -0.05) is 64.8 Å². The second-order valence-corrected chi connectivity index (χ2v) is 8.73. The fraction of sp³-hybridized carbons (Fsp3) is 0.750. The first-order valence-corrected chi connectivity index (χ1v) is 10.9. The average molecular weight is 343 g/mol. The van der Waals surface area contributed by atoms with Gasteiger partial charge >= 0.3 is 0 Å². The molecule has 0 spiro atoms. The van der Waals surface area contributed by atoms with E-state index in [4.69, 9.17) is 0 Å². The van der Waals surface area contributed by atoms with E-state index < -0.39 is 0 Å². The number of hydrogen-bond donors (Lipinski definition) is 1. The average Bonchev–Trinajstić information content (AvgIpc) is 2.96. The highest BCUT2D eigenvalue weighted by Gasteiger charge is 2.56. The van der Waals surface area contributed by atoms with Gasteiger partial charge in [-0.3, -0.25) is 0 Å². The third-order valence-corrected chi connectivity index (χ3v) is 7.69. The van der Waals surface area contributed by atoms with E-state index in [1.165, 1.54) is 44.9 Å². The maximum atomic E-state index is 10.6. The van der Waals surface area contributed by atoms with Crippen LogP contribution < -0.4 is 0 Å². The predicted molar refractivity (Wildman–Crippen MR) is 107 cm³/mol. The van der Waals surface area contributed by atoms with E-state index in [0.29, 0.717) is 0 Å². The SMILES string of the molecule is CC.CCCC[C@@H]1Cc2ccccc2C2CCC3(C)C(O)CCC3C21. The van der Waals surface area contributed by atoms with Crippen molar-refractivity contribution in [1.29, 1.82) is 0 Å². The number of aliphatic hydroxyl groups is 1. The van der Waals surface area contributed by atoms with Crippen molar-refractivity contribution >= 4 is 0 Å². The Labute approximate surface area is 155 Å². The van der Waals surface area contributed by atoms with Crippen molar-refractivity contribution < 1.29 is 5.11 Å². The summed E-state index contributed by atoms with van der Waals surface area (Å²) in [6, 6.07) is 9.24. The number of unbranched alkanes of at least 4 members (excludes halogenated alkanes) is 1. The number of hydrogen-bond acceptors (Lipinski definition) is 1. The highest BCUT2D eigenvalue weighted by Crippen LogP contribution is 2.62. The Morgan fingerprint density at radius 1 is 1.12 bits per heavy atom. The van der Waals surface area contributed by atoms with Crippen molar-refractivity contribution in [2.45, 2.75) is 91.1 Å². The van der Waals surface area contributed by atoms with E-state index in [1.807, 2.05) is 13.8 Å². The molecule has 1 aromatic carbocycles. The fourth-order valence-electron chi connectivity index (χ4n) is 6.45. The molecule has 3 aliphatic rings. The minimum absolute atomic E-state index is 0.0579. The van der Waals surface area contributed by atoms with Gasteiger partial charge in [0.1, 0.15) is 0 Å². The quantitative estimate of drug-likeness (QED) is 0.679. The van der Waals surface area contributed by atoms with Crippen LogP contribution in [0.1, 0.15) is 89.7 Å². The first-order valence-electron chi connectivity index (χ1n) is 10.9. The van der Waals surface area contributed by atoms with Gasteiger partial charge in [0.25, 0.3) is 0 Å². The zero-order valence-electron chi connectivity index (χ0n) is 16.8. The minimum atomic E-state index is -0.0579. The van der Waals surface area contributed by atoms with Gasteiger partial charge in [-0.15, -0.1) is 0 Å². The molecule has 0 saturated heterocycles. The Bertz CT molecular complexity index is 565. The van der Waals surface area contributed by atoms with Gasteiger partial charge in [-0.2, -0.15) is 0 Å². The number of rotatable bonds is 3. The molecule has 1 aromatic rings. The lowest BCUT2D eigenvalue weighted by Gasteiger charge is -2.53. The molecule has 0 aromatic heterocycles. The predicted octanol–water partition coefficient (Wildman–Crippen LogP) is 6.35. The lowest BCUT2D eigenvalue weighted by atomic mass is 9.52. The number of aliphatic hydroxyl groups excluding tert-OH is 1. The fourth-order valence-corrected chi connectivity index (χ4v) is 6.45. The second kappa shape index (κ2) is 7.82. The van der Waals surface area contributed by atoms with E-state index in [9.17, 15) is 5.11 Å². The molecule has 3 aliphatic carbocycles. The van der Waals surface area contributed by atoms with Crippen LogP contribution in [-0.4, -0.2) is 11.2 Å². The molecule has 0 heterocycles. The van der Waals surface area contributed by atoms with Crippen molar-refractivity contribution in [3.63, 3.8) is 0 Å². The zero-order chi connectivity index (χ0) is 18.0. The Kier molecular flexibility index (Phi) is 5.93. The molecule has 2 fully saturated rings. The van der Waals surface area contributed by atoms with E-state index in [1.54, 1.807) is 11.1 Å². The summed E-state index contributed by atoms with van der Waals surface area (Å²) in [7, 11) is 0. The lowest BCUT2D eigenvalue weighted by Crippen LogP contribution is -2.47. The van der Waals surface area contributed by atoms with Crippen LogP contribution in [0.2, 0.25) is 0 Å². The monoisotopic (exact) mass is 342 g/mol. The summed E-state index contributed by atoms with van der Waals surface area (Å²) < 4.78 is 0. The molecule has 1 N–H and O–H groups in total. The molecule has 0 aliphatic heterocycles. The van der Waals surface area contributed by atoms with E-state index >= 15 is 0 Å². The Morgan fingerprint density at radius 2 is 1.88 bits per heavy atom. The maximum Gasteiger partial charge on any atom is 0.0596 e. The van der Waals surface area contributed by atoms with Gasteiger partial charge in [0, 0.05) is 0 Å². The van der Waals surface area contributed by atoms with Gasteiger partial charge in [0.2, 0.25) is 0 Å². The topological polar surface area (TPSA) is 20.2 Å². The summed E-state index contributed by atoms with van der Waals surface area (Å²) in [5, 5.41) is 10.6. The van der Waals surface area contributed by atoms with Gasteiger partial charge in [0.15, 0.2) is 0 Å². The molecule has 1 heteroatoms. The van der Waals surface area contributed by atoms with Crippen molar-refractivity contribution in [2.24, 2.45) is 23.2 Å². The molecular weight excluding hydrogens is 304 g/mol. The molecular formula is C24H38O. The molecule has 0 radical (unpaired) electrons. The zero-order valence-corrected chi connectivity index (χ0v) is 16.8. The maximum absolute atomic E-state index is 10.6. The normalized spacial score (nSPS) is 38.8. The van der Waals surface area contributed by atoms with Crippen molar-refractivity contribution in [2.75, 3.05) is 0 Å². The molecule has 1 nitrogen and oxygen atoms in total. The van der Waals surface area contributed by atoms with Crippen LogP contribution in [0.15, 0.2) is 24.3 Å². The summed E-state index contributed by atoms with van der Waals surface area (Å²) in [5.74, 6) is 3.15. The standard InChI is InChI=1S/C22H32O.C2H6/c1-3-4-7-16-14-15-8-5-6-9-17(15)18-12-13-22(2)19(21(16)18)10-11-20(22)23;1-2/h5-6,8-9,16,18-21,23H,3-4,7,10-14H2,1-2H3;1-2H3/t16-,18?,19?,20?,21?,22?;/m1./s1. The summed E-state index contributed by atoms with van der Waals surface area (Å²) in [5.41, 5.74) is 3.46. The Hall–Kier alpha value is -0.820. The van der Waals surface area contributed by atoms with Crippen molar-refractivity contribution in [3.8, 4) is 0 Å². The highest BCUT2D eigenvalue weighted by atomic mass is 16.3. The number of fused-ring (bicyclic) bond motifs is 5. The first kappa shape index (κ1) is 19.0. The van der Waals surface area contributed by atoms with Crippen LogP contribution >= 0.6 is 0 Å². The Balaban J connectivity index is 0.000000880. The van der Waals surface area contributed by atoms with Crippen molar-refractivity contribution in [1.82, 2.24) is 0 Å². The summed E-state index contributed by atoms with van der Waals surface area (Å²) in [4.78, 5) is 0. The lowest BCUT2D eigenvalue weighted by molar-refractivity contribution is -0.0395. The van der Waals surface area contributed by atoms with E-state index in [2.05, 4.69) is 38.1 Å². The number of benzene rings is 1. The molecule has 5 unspecified atom stereocenters. The van der Waals surface area contributed by atoms with Crippen LogP contribution in [-0.2, 0) is 6.42 Å². The molecule has 0 bridgehead atoms. The van der Waals surface area contributed by atoms with Crippen molar-refractivity contribution in [3.05, 3.63) is 35.4 Å². The van der Waals surface area contributed by atoms with Crippen LogP contribution in [0.3, 0.4) is 0 Å². The molecule has 0 amide bonds. The second-order valence-electron chi connectivity index (χ2n) is 8.73. The van der Waals surface area contributed by atoms with Gasteiger partial charge < -0.3 is 5.11 Å². The Morgan fingerprint density at radius 3 is 2.64 bits per heavy atom. The van der Waals surface area contributed by atoms with Gasteiger partial charge in [-0.25, -0.2) is 0 Å². The largest absolute Gasteiger partial charge is 0.393 e. The van der Waals surface area contributed by atoms with Crippen LogP contribution in [0.4, 0.5) is 0 Å². The first-order chi connectivity index (χ1) is 12.1.